The number of esters is 1. The molecule has 46 heavy (non-hydrogen) atoms. The van der Waals surface area contributed by atoms with Crippen LogP contribution in [0.15, 0.2) is 30.3 Å². The smallest absolute Gasteiger partial charge is 0.328 e. The van der Waals surface area contributed by atoms with Crippen LogP contribution in [0.4, 0.5) is 0 Å². The minimum Gasteiger partial charge on any atom is -0.467 e. The summed E-state index contributed by atoms with van der Waals surface area (Å²) in [5, 5.41) is 2.94. The summed E-state index contributed by atoms with van der Waals surface area (Å²) in [6.07, 6.45) is 13.0. The molecule has 0 radical (unpaired) electrons. The summed E-state index contributed by atoms with van der Waals surface area (Å²) >= 11 is 0. The van der Waals surface area contributed by atoms with Crippen molar-refractivity contribution in [3.05, 3.63) is 35.9 Å². The maximum Gasteiger partial charge on any atom is 0.328 e. The van der Waals surface area contributed by atoms with Crippen LogP contribution in [0.5, 0.6) is 0 Å². The van der Waals surface area contributed by atoms with Crippen LogP contribution in [0.3, 0.4) is 0 Å². The van der Waals surface area contributed by atoms with Gasteiger partial charge in [-0.2, -0.15) is 0 Å². The van der Waals surface area contributed by atoms with E-state index in [9.17, 15) is 9.59 Å². The van der Waals surface area contributed by atoms with Crippen LogP contribution in [0.25, 0.3) is 0 Å². The number of nitrogens with one attached hydrogen (secondary N) is 1. The normalized spacial score (nSPS) is 41.1. The predicted octanol–water partition coefficient (Wildman–Crippen LogP) is 7.97. The SMILES string of the molecule is COC(=O)C(NC(=O)[C@@H](C)CC[C@H]1O[C@H]2C[C@H]3[C@@H]4CC[C@@H]5C[C@@H](OCc6ccccc6)CC[C@]5(C)[C@H]4CC[C@]3(C)[C@H]2[C@@H]1C)C(C)C. The molecule has 1 heterocycles. The fourth-order valence-electron chi connectivity index (χ4n) is 11.6. The first-order valence-electron chi connectivity index (χ1n) is 18.7. The summed E-state index contributed by atoms with van der Waals surface area (Å²) in [5.41, 5.74) is 2.09. The summed E-state index contributed by atoms with van der Waals surface area (Å²) in [7, 11) is 1.38. The second-order valence-electron chi connectivity index (χ2n) is 17.0. The van der Waals surface area contributed by atoms with E-state index >= 15 is 0 Å². The van der Waals surface area contributed by atoms with Crippen molar-refractivity contribution >= 4 is 11.9 Å². The number of hydrogen-bond donors (Lipinski definition) is 1. The molecule has 4 saturated carbocycles. The second kappa shape index (κ2) is 13.5. The van der Waals surface area contributed by atoms with Gasteiger partial charge in [-0.1, -0.05) is 71.9 Å². The Morgan fingerprint density at radius 1 is 0.978 bits per heavy atom. The molecule has 6 heteroatoms. The maximum atomic E-state index is 13.0. The first-order valence-corrected chi connectivity index (χ1v) is 18.7. The monoisotopic (exact) mass is 635 g/mol. The van der Waals surface area contributed by atoms with E-state index in [1.165, 1.54) is 64.0 Å². The lowest BCUT2D eigenvalue weighted by molar-refractivity contribution is -0.146. The molecule has 256 valence electrons. The Labute approximate surface area is 278 Å². The summed E-state index contributed by atoms with van der Waals surface area (Å²) in [5.74, 6) is 3.71. The quantitative estimate of drug-likeness (QED) is 0.264. The van der Waals surface area contributed by atoms with E-state index in [4.69, 9.17) is 14.2 Å². The highest BCUT2D eigenvalue weighted by Crippen LogP contribution is 2.70. The Kier molecular flexibility index (Phi) is 9.99. The largest absolute Gasteiger partial charge is 0.467 e. The topological polar surface area (TPSA) is 73.9 Å². The van der Waals surface area contributed by atoms with Gasteiger partial charge in [0.05, 0.1) is 32.0 Å². The lowest BCUT2D eigenvalue weighted by atomic mass is 9.44. The predicted molar refractivity (Wildman–Crippen MR) is 181 cm³/mol. The summed E-state index contributed by atoms with van der Waals surface area (Å²) < 4.78 is 18.3. The highest BCUT2D eigenvalue weighted by Gasteiger charge is 2.65. The first kappa shape index (κ1) is 34.0. The maximum absolute atomic E-state index is 13.0. The Bertz CT molecular complexity index is 1220. The average molecular weight is 636 g/mol. The van der Waals surface area contributed by atoms with Crippen LogP contribution in [-0.4, -0.2) is 43.3 Å². The van der Waals surface area contributed by atoms with E-state index in [-0.39, 0.29) is 29.8 Å². The fourth-order valence-corrected chi connectivity index (χ4v) is 11.6. The van der Waals surface area contributed by atoms with Crippen LogP contribution in [-0.2, 0) is 30.4 Å². The molecule has 0 aromatic heterocycles. The van der Waals surface area contributed by atoms with E-state index in [1.807, 2.05) is 20.8 Å². The van der Waals surface area contributed by atoms with Gasteiger partial charge < -0.3 is 19.5 Å². The molecule has 6 nitrogen and oxygen atoms in total. The van der Waals surface area contributed by atoms with Crippen LogP contribution >= 0.6 is 0 Å². The molecule has 1 aliphatic heterocycles. The zero-order valence-corrected chi connectivity index (χ0v) is 29.6. The van der Waals surface area contributed by atoms with Crippen LogP contribution in [0.1, 0.15) is 111 Å². The zero-order chi connectivity index (χ0) is 32.8. The lowest BCUT2D eigenvalue weighted by Crippen LogP contribution is -2.54. The second-order valence-corrected chi connectivity index (χ2v) is 17.0. The Hall–Kier alpha value is -1.92. The van der Waals surface area contributed by atoms with Gasteiger partial charge in [0.25, 0.3) is 0 Å². The zero-order valence-electron chi connectivity index (χ0n) is 29.6. The van der Waals surface area contributed by atoms with E-state index < -0.39 is 6.04 Å². The molecule has 1 unspecified atom stereocenters. The summed E-state index contributed by atoms with van der Waals surface area (Å²) in [6, 6.07) is 10.0. The lowest BCUT2D eigenvalue weighted by Gasteiger charge is -2.61. The molecule has 1 N–H and O–H groups in total. The molecule has 5 aliphatic rings. The van der Waals surface area contributed by atoms with Crippen molar-refractivity contribution in [3.8, 4) is 0 Å². The van der Waals surface area contributed by atoms with Gasteiger partial charge in [0.2, 0.25) is 5.91 Å². The Morgan fingerprint density at radius 2 is 1.72 bits per heavy atom. The number of amides is 1. The standard InChI is InChI=1S/C40H61NO5/c1-24(2)36(38(43)44-7)41-37(42)25(3)13-16-33-26(4)35-34(46-33)22-32-30-15-14-28-21-29(45-23-27-11-9-8-10-12-27)17-19-39(28,5)31(30)18-20-40(32,35)6/h8-12,24-26,28-36H,13-23H2,1-7H3,(H,41,42)/t25-,26+,28+,29-,30+,31-,32-,33+,34-,35-,36?,39-,40-/m0/s1. The number of benzene rings is 1. The van der Waals surface area contributed by atoms with Crippen molar-refractivity contribution in [2.45, 2.75) is 137 Å². The number of hydrogen-bond acceptors (Lipinski definition) is 5. The average Bonchev–Trinajstić information content (AvgIpc) is 3.53. The van der Waals surface area contributed by atoms with Crippen molar-refractivity contribution in [1.29, 1.82) is 0 Å². The van der Waals surface area contributed by atoms with E-state index in [0.29, 0.717) is 34.9 Å². The molecular weight excluding hydrogens is 574 g/mol. The van der Waals surface area contributed by atoms with E-state index in [1.54, 1.807) is 0 Å². The molecule has 0 bridgehead atoms. The van der Waals surface area contributed by atoms with Gasteiger partial charge in [-0.15, -0.1) is 0 Å². The first-order chi connectivity index (χ1) is 22.0. The third-order valence-electron chi connectivity index (χ3n) is 14.3. The number of carbonyl (C=O) groups excluding carboxylic acids is 2. The molecule has 1 aromatic rings. The fraction of sp³-hybridized carbons (Fsp3) is 0.800. The minimum absolute atomic E-state index is 0.0171. The van der Waals surface area contributed by atoms with Crippen LogP contribution in [0, 0.1) is 58.2 Å². The highest BCUT2D eigenvalue weighted by molar-refractivity contribution is 5.85. The number of rotatable bonds is 10. The molecule has 1 aromatic carbocycles. The van der Waals surface area contributed by atoms with Gasteiger partial charge in [0, 0.05) is 5.92 Å². The molecular formula is C40H61NO5. The van der Waals surface area contributed by atoms with Gasteiger partial charge in [0.15, 0.2) is 0 Å². The highest BCUT2D eigenvalue weighted by atomic mass is 16.5. The Balaban J connectivity index is 1.03. The molecule has 13 atom stereocenters. The Morgan fingerprint density at radius 3 is 2.43 bits per heavy atom. The third kappa shape index (κ3) is 6.19. The van der Waals surface area contributed by atoms with Gasteiger partial charge in [-0.25, -0.2) is 4.79 Å². The molecule has 4 aliphatic carbocycles. The molecule has 5 fully saturated rings. The van der Waals surface area contributed by atoms with Gasteiger partial charge in [0.1, 0.15) is 6.04 Å². The van der Waals surface area contributed by atoms with Crippen LogP contribution in [0.2, 0.25) is 0 Å². The summed E-state index contributed by atoms with van der Waals surface area (Å²) in [4.78, 5) is 25.2. The number of methoxy groups -OCH3 is 1. The van der Waals surface area contributed by atoms with E-state index in [2.05, 4.69) is 56.4 Å². The number of carbonyl (C=O) groups is 2. The van der Waals surface area contributed by atoms with Crippen molar-refractivity contribution in [2.75, 3.05) is 7.11 Å². The minimum atomic E-state index is -0.603. The van der Waals surface area contributed by atoms with Gasteiger partial charge >= 0.3 is 5.97 Å². The summed E-state index contributed by atoms with van der Waals surface area (Å²) in [6.45, 7) is 14.3. The van der Waals surface area contributed by atoms with Gasteiger partial charge in [-0.05, 0) is 122 Å². The molecule has 6 rings (SSSR count). The molecule has 1 amide bonds. The van der Waals surface area contributed by atoms with Crippen molar-refractivity contribution in [3.63, 3.8) is 0 Å². The van der Waals surface area contributed by atoms with Crippen molar-refractivity contribution < 1.29 is 23.8 Å². The van der Waals surface area contributed by atoms with Gasteiger partial charge in [-0.3, -0.25) is 4.79 Å². The third-order valence-corrected chi connectivity index (χ3v) is 14.3. The number of ether oxygens (including phenoxy) is 3. The molecule has 1 saturated heterocycles. The van der Waals surface area contributed by atoms with E-state index in [0.717, 1.165) is 43.1 Å². The molecule has 0 spiro atoms. The number of fused-ring (bicyclic) bond motifs is 7. The van der Waals surface area contributed by atoms with Crippen LogP contribution < -0.4 is 5.32 Å². The van der Waals surface area contributed by atoms with Crippen molar-refractivity contribution in [2.24, 2.45) is 58.2 Å². The van der Waals surface area contributed by atoms with Crippen molar-refractivity contribution in [1.82, 2.24) is 5.32 Å².